The molecule has 0 aliphatic carbocycles. The molecule has 6 heteroatoms. The Labute approximate surface area is 122 Å². The molecule has 0 spiro atoms. The topological polar surface area (TPSA) is 64.1 Å². The van der Waals surface area contributed by atoms with Crippen LogP contribution >= 0.6 is 11.3 Å². The fraction of sp³-hybridized carbons (Fsp3) is 0.357. The molecular formula is C14H17N3O2S. The lowest BCUT2D eigenvalue weighted by atomic mass is 10.3. The van der Waals surface area contributed by atoms with Crippen molar-refractivity contribution in [2.45, 2.75) is 19.9 Å². The number of ether oxygens (including phenoxy) is 1. The molecule has 1 N–H and O–H groups in total. The summed E-state index contributed by atoms with van der Waals surface area (Å²) in [5, 5.41) is 6.09. The number of esters is 1. The fourth-order valence-corrected chi connectivity index (χ4v) is 2.43. The first-order valence-electron chi connectivity index (χ1n) is 6.51. The van der Waals surface area contributed by atoms with Gasteiger partial charge in [-0.05, 0) is 19.1 Å². The number of carbonyl (C=O) groups is 1. The molecule has 0 aromatic carbocycles. The number of nitrogens with one attached hydrogen (secondary N) is 1. The van der Waals surface area contributed by atoms with Crippen LogP contribution in [0.3, 0.4) is 0 Å². The van der Waals surface area contributed by atoms with Gasteiger partial charge in [0.1, 0.15) is 5.01 Å². The highest BCUT2D eigenvalue weighted by atomic mass is 32.1. The number of hydrogen-bond donors (Lipinski definition) is 1. The van der Waals surface area contributed by atoms with Gasteiger partial charge >= 0.3 is 5.97 Å². The second kappa shape index (κ2) is 7.72. The number of pyridine rings is 1. The average Bonchev–Trinajstić information content (AvgIpc) is 2.94. The third-order valence-electron chi connectivity index (χ3n) is 2.55. The normalized spacial score (nSPS) is 10.4. The molecule has 0 unspecified atom stereocenters. The summed E-state index contributed by atoms with van der Waals surface area (Å²) in [6.07, 6.45) is 2.14. The van der Waals surface area contributed by atoms with Gasteiger partial charge in [0.2, 0.25) is 0 Å². The Morgan fingerprint density at radius 2 is 2.35 bits per heavy atom. The fourth-order valence-electron chi connectivity index (χ4n) is 1.64. The van der Waals surface area contributed by atoms with Crippen molar-refractivity contribution >= 4 is 17.3 Å². The highest BCUT2D eigenvalue weighted by Gasteiger charge is 2.05. The molecule has 0 saturated heterocycles. The van der Waals surface area contributed by atoms with Gasteiger partial charge in [0.25, 0.3) is 0 Å². The van der Waals surface area contributed by atoms with Crippen LogP contribution in [0.5, 0.6) is 0 Å². The molecule has 5 nitrogen and oxygen atoms in total. The smallest absolute Gasteiger partial charge is 0.307 e. The summed E-state index contributed by atoms with van der Waals surface area (Å²) in [4.78, 5) is 19.9. The molecule has 0 saturated carbocycles. The van der Waals surface area contributed by atoms with Gasteiger partial charge in [-0.2, -0.15) is 0 Å². The maximum Gasteiger partial charge on any atom is 0.307 e. The maximum absolute atomic E-state index is 11.2. The third kappa shape index (κ3) is 4.40. The highest BCUT2D eigenvalue weighted by molar-refractivity contribution is 7.13. The van der Waals surface area contributed by atoms with Crippen molar-refractivity contribution in [3.63, 3.8) is 0 Å². The first-order chi connectivity index (χ1) is 9.79. The molecule has 0 amide bonds. The lowest BCUT2D eigenvalue weighted by Crippen LogP contribution is -2.19. The van der Waals surface area contributed by atoms with Crippen LogP contribution in [0.4, 0.5) is 0 Å². The summed E-state index contributed by atoms with van der Waals surface area (Å²) in [5.41, 5.74) is 1.84. The molecule has 2 rings (SSSR count). The molecule has 0 aliphatic rings. The lowest BCUT2D eigenvalue weighted by molar-refractivity contribution is -0.142. The van der Waals surface area contributed by atoms with Gasteiger partial charge in [0.05, 0.1) is 24.4 Å². The molecule has 2 aromatic heterocycles. The summed E-state index contributed by atoms with van der Waals surface area (Å²) in [6, 6.07) is 5.77. The molecular weight excluding hydrogens is 274 g/mol. The van der Waals surface area contributed by atoms with E-state index in [0.29, 0.717) is 26.1 Å². The van der Waals surface area contributed by atoms with Crippen LogP contribution in [0.25, 0.3) is 10.7 Å². The largest absolute Gasteiger partial charge is 0.466 e. The second-order valence-corrected chi connectivity index (χ2v) is 4.95. The minimum Gasteiger partial charge on any atom is -0.466 e. The third-order valence-corrected chi connectivity index (χ3v) is 3.47. The Hall–Kier alpha value is -1.79. The van der Waals surface area contributed by atoms with E-state index in [1.54, 1.807) is 24.5 Å². The Morgan fingerprint density at radius 1 is 1.45 bits per heavy atom. The zero-order chi connectivity index (χ0) is 14.2. The molecule has 0 fully saturated rings. The molecule has 0 radical (unpaired) electrons. The van der Waals surface area contributed by atoms with E-state index in [1.165, 1.54) is 0 Å². The van der Waals surface area contributed by atoms with Gasteiger partial charge in [-0.15, -0.1) is 11.3 Å². The van der Waals surface area contributed by atoms with Crippen LogP contribution in [0.1, 0.15) is 19.0 Å². The van der Waals surface area contributed by atoms with E-state index in [9.17, 15) is 4.79 Å². The van der Waals surface area contributed by atoms with Crippen LogP contribution < -0.4 is 5.32 Å². The van der Waals surface area contributed by atoms with Crippen molar-refractivity contribution in [3.8, 4) is 10.7 Å². The Morgan fingerprint density at radius 3 is 3.10 bits per heavy atom. The van der Waals surface area contributed by atoms with Crippen LogP contribution in [0.2, 0.25) is 0 Å². The Kier molecular flexibility index (Phi) is 5.64. The quantitative estimate of drug-likeness (QED) is 0.626. The monoisotopic (exact) mass is 291 g/mol. The molecule has 0 atom stereocenters. The van der Waals surface area contributed by atoms with Gasteiger partial charge in [-0.3, -0.25) is 9.78 Å². The number of thiazole rings is 1. The van der Waals surface area contributed by atoms with Gasteiger partial charge in [0, 0.05) is 24.7 Å². The Bertz CT molecular complexity index is 542. The molecule has 2 aromatic rings. The average molecular weight is 291 g/mol. The van der Waals surface area contributed by atoms with Crippen molar-refractivity contribution in [1.29, 1.82) is 0 Å². The second-order valence-electron chi connectivity index (χ2n) is 4.09. The maximum atomic E-state index is 11.2. The van der Waals surface area contributed by atoms with E-state index in [-0.39, 0.29) is 5.97 Å². The first-order valence-corrected chi connectivity index (χ1v) is 7.39. The minimum atomic E-state index is -0.174. The van der Waals surface area contributed by atoms with Gasteiger partial charge in [-0.1, -0.05) is 6.07 Å². The molecule has 0 aliphatic heterocycles. The summed E-state index contributed by atoms with van der Waals surface area (Å²) >= 11 is 1.57. The zero-order valence-corrected chi connectivity index (χ0v) is 12.2. The number of rotatable bonds is 7. The first kappa shape index (κ1) is 14.6. The minimum absolute atomic E-state index is 0.174. The van der Waals surface area contributed by atoms with Crippen LogP contribution in [-0.2, 0) is 16.1 Å². The van der Waals surface area contributed by atoms with E-state index in [2.05, 4.69) is 15.3 Å². The van der Waals surface area contributed by atoms with Crippen LogP contribution in [0.15, 0.2) is 29.8 Å². The van der Waals surface area contributed by atoms with Crippen LogP contribution in [-0.4, -0.2) is 29.1 Å². The Balaban J connectivity index is 1.78. The molecule has 2 heterocycles. The summed E-state index contributed by atoms with van der Waals surface area (Å²) in [7, 11) is 0. The lowest BCUT2D eigenvalue weighted by Gasteiger charge is -2.02. The number of hydrogen-bond acceptors (Lipinski definition) is 6. The highest BCUT2D eigenvalue weighted by Crippen LogP contribution is 2.20. The van der Waals surface area contributed by atoms with Crippen molar-refractivity contribution in [3.05, 3.63) is 35.5 Å². The van der Waals surface area contributed by atoms with E-state index in [4.69, 9.17) is 4.74 Å². The standard InChI is InChI=1S/C14H17N3O2S/c1-2-19-13(18)6-8-15-9-11-10-20-14(17-11)12-5-3-4-7-16-12/h3-5,7,10,15H,2,6,8-9H2,1H3. The molecule has 106 valence electrons. The summed E-state index contributed by atoms with van der Waals surface area (Å²) < 4.78 is 4.86. The van der Waals surface area contributed by atoms with E-state index < -0.39 is 0 Å². The predicted molar refractivity (Wildman–Crippen MR) is 78.3 cm³/mol. The SMILES string of the molecule is CCOC(=O)CCNCc1csc(-c2ccccn2)n1. The number of carbonyl (C=O) groups excluding carboxylic acids is 1. The van der Waals surface area contributed by atoms with Crippen molar-refractivity contribution < 1.29 is 9.53 Å². The van der Waals surface area contributed by atoms with E-state index >= 15 is 0 Å². The van der Waals surface area contributed by atoms with Crippen molar-refractivity contribution in [1.82, 2.24) is 15.3 Å². The number of aromatic nitrogens is 2. The molecule has 0 bridgehead atoms. The van der Waals surface area contributed by atoms with E-state index in [1.807, 2.05) is 23.6 Å². The summed E-state index contributed by atoms with van der Waals surface area (Å²) in [6.45, 7) is 3.47. The van der Waals surface area contributed by atoms with Crippen molar-refractivity contribution in [2.24, 2.45) is 0 Å². The van der Waals surface area contributed by atoms with Gasteiger partial charge in [-0.25, -0.2) is 4.98 Å². The number of nitrogens with zero attached hydrogens (tertiary/aromatic N) is 2. The predicted octanol–water partition coefficient (Wildman–Crippen LogP) is 2.25. The summed E-state index contributed by atoms with van der Waals surface area (Å²) in [5.74, 6) is -0.174. The van der Waals surface area contributed by atoms with Crippen molar-refractivity contribution in [2.75, 3.05) is 13.2 Å². The zero-order valence-electron chi connectivity index (χ0n) is 11.3. The van der Waals surface area contributed by atoms with Gasteiger partial charge < -0.3 is 10.1 Å². The van der Waals surface area contributed by atoms with Gasteiger partial charge in [0.15, 0.2) is 0 Å². The molecule has 20 heavy (non-hydrogen) atoms. The van der Waals surface area contributed by atoms with Crippen LogP contribution in [0, 0.1) is 0 Å². The van der Waals surface area contributed by atoms with E-state index in [0.717, 1.165) is 16.4 Å².